The van der Waals surface area contributed by atoms with Gasteiger partial charge in [0.25, 0.3) is 0 Å². The van der Waals surface area contributed by atoms with Crippen LogP contribution in [0.3, 0.4) is 0 Å². The molecule has 0 saturated heterocycles. The predicted octanol–water partition coefficient (Wildman–Crippen LogP) is 2.71. The van der Waals surface area contributed by atoms with Gasteiger partial charge in [-0.3, -0.25) is 4.68 Å². The molecule has 1 atom stereocenters. The van der Waals surface area contributed by atoms with Gasteiger partial charge in [0.05, 0.1) is 17.9 Å². The first-order valence-electron chi connectivity index (χ1n) is 8.44. The summed E-state index contributed by atoms with van der Waals surface area (Å²) in [5, 5.41) is 16.2. The van der Waals surface area contributed by atoms with Gasteiger partial charge >= 0.3 is 6.03 Å². The average molecular weight is 328 g/mol. The zero-order valence-electron chi connectivity index (χ0n) is 14.0. The van der Waals surface area contributed by atoms with Crippen molar-refractivity contribution in [3.63, 3.8) is 0 Å². The van der Waals surface area contributed by atoms with Crippen molar-refractivity contribution in [1.29, 1.82) is 0 Å². The number of aliphatic hydroxyl groups is 1. The summed E-state index contributed by atoms with van der Waals surface area (Å²) in [6.45, 7) is 0.604. The number of rotatable bonds is 5. The number of benzene rings is 1. The van der Waals surface area contributed by atoms with Crippen LogP contribution in [-0.2, 0) is 13.5 Å². The highest BCUT2D eigenvalue weighted by molar-refractivity contribution is 5.89. The van der Waals surface area contributed by atoms with Crippen LogP contribution >= 0.6 is 0 Å². The Morgan fingerprint density at radius 2 is 2.29 bits per heavy atom. The number of carbonyl (C=O) groups excluding carboxylic acids is 1. The molecule has 2 amide bonds. The number of aliphatic hydroxyl groups excluding tert-OH is 1. The number of anilines is 1. The van der Waals surface area contributed by atoms with Crippen molar-refractivity contribution in [2.24, 2.45) is 7.05 Å². The Bertz CT molecular complexity index is 698. The zero-order chi connectivity index (χ0) is 16.9. The lowest BCUT2D eigenvalue weighted by Crippen LogP contribution is -2.40. The van der Waals surface area contributed by atoms with Crippen LogP contribution in [0.4, 0.5) is 10.5 Å². The number of aromatic nitrogens is 2. The molecular weight excluding hydrogens is 304 g/mol. The van der Waals surface area contributed by atoms with E-state index in [2.05, 4.69) is 28.6 Å². The van der Waals surface area contributed by atoms with Crippen molar-refractivity contribution in [1.82, 2.24) is 14.7 Å². The van der Waals surface area contributed by atoms with E-state index in [-0.39, 0.29) is 18.7 Å². The molecule has 1 aliphatic carbocycles. The minimum Gasteiger partial charge on any atom is -0.396 e. The molecule has 2 N–H and O–H groups in total. The second-order valence-corrected chi connectivity index (χ2v) is 6.21. The summed E-state index contributed by atoms with van der Waals surface area (Å²) in [7, 11) is 1.82. The molecule has 0 radical (unpaired) electrons. The average Bonchev–Trinajstić information content (AvgIpc) is 3.00. The molecule has 0 fully saturated rings. The van der Waals surface area contributed by atoms with Crippen LogP contribution in [0.5, 0.6) is 0 Å². The Hall–Kier alpha value is -2.34. The van der Waals surface area contributed by atoms with Gasteiger partial charge in [-0.2, -0.15) is 5.10 Å². The Balaban J connectivity index is 1.82. The highest BCUT2D eigenvalue weighted by Crippen LogP contribution is 2.34. The number of urea groups is 1. The van der Waals surface area contributed by atoms with E-state index in [4.69, 9.17) is 0 Å². The van der Waals surface area contributed by atoms with Gasteiger partial charge in [0, 0.05) is 26.4 Å². The van der Waals surface area contributed by atoms with E-state index in [1.807, 2.05) is 18.0 Å². The molecule has 1 heterocycles. The summed E-state index contributed by atoms with van der Waals surface area (Å²) in [4.78, 5) is 14.7. The van der Waals surface area contributed by atoms with Gasteiger partial charge in [-0.15, -0.1) is 0 Å². The first-order valence-corrected chi connectivity index (χ1v) is 8.44. The van der Waals surface area contributed by atoms with E-state index in [1.54, 1.807) is 17.1 Å². The molecule has 1 aromatic carbocycles. The monoisotopic (exact) mass is 328 g/mol. The maximum Gasteiger partial charge on any atom is 0.322 e. The number of aryl methyl sites for hydroxylation is 2. The van der Waals surface area contributed by atoms with Crippen LogP contribution in [0.25, 0.3) is 0 Å². The Labute approximate surface area is 142 Å². The maximum absolute atomic E-state index is 12.8. The predicted molar refractivity (Wildman–Crippen MR) is 92.8 cm³/mol. The molecule has 6 heteroatoms. The largest absolute Gasteiger partial charge is 0.396 e. The SMILES string of the molecule is Cn1cc(NC(=O)N(CCCO)C2CCCc3ccccc32)cn1. The Morgan fingerprint density at radius 1 is 1.46 bits per heavy atom. The molecule has 24 heavy (non-hydrogen) atoms. The molecule has 6 nitrogen and oxygen atoms in total. The van der Waals surface area contributed by atoms with Crippen molar-refractivity contribution < 1.29 is 9.90 Å². The van der Waals surface area contributed by atoms with Crippen LogP contribution < -0.4 is 5.32 Å². The number of hydrogen-bond donors (Lipinski definition) is 2. The van der Waals surface area contributed by atoms with Crippen molar-refractivity contribution in [2.45, 2.75) is 31.7 Å². The minimum atomic E-state index is -0.141. The van der Waals surface area contributed by atoms with Crippen molar-refractivity contribution in [3.8, 4) is 0 Å². The molecule has 128 valence electrons. The van der Waals surface area contributed by atoms with E-state index < -0.39 is 0 Å². The first-order chi connectivity index (χ1) is 11.7. The Morgan fingerprint density at radius 3 is 3.04 bits per heavy atom. The zero-order valence-corrected chi connectivity index (χ0v) is 14.0. The lowest BCUT2D eigenvalue weighted by molar-refractivity contribution is 0.169. The van der Waals surface area contributed by atoms with Crippen molar-refractivity contribution >= 4 is 11.7 Å². The minimum absolute atomic E-state index is 0.0539. The van der Waals surface area contributed by atoms with Gasteiger partial charge in [0.15, 0.2) is 0 Å². The third-order valence-electron chi connectivity index (χ3n) is 4.49. The topological polar surface area (TPSA) is 70.4 Å². The highest BCUT2D eigenvalue weighted by atomic mass is 16.3. The molecule has 0 aliphatic heterocycles. The van der Waals surface area contributed by atoms with Gasteiger partial charge in [-0.05, 0) is 36.8 Å². The van der Waals surface area contributed by atoms with Gasteiger partial charge < -0.3 is 15.3 Å². The van der Waals surface area contributed by atoms with Gasteiger partial charge in [0.2, 0.25) is 0 Å². The number of nitrogens with one attached hydrogen (secondary N) is 1. The fraction of sp³-hybridized carbons (Fsp3) is 0.444. The van der Waals surface area contributed by atoms with E-state index in [0.717, 1.165) is 19.3 Å². The van der Waals surface area contributed by atoms with E-state index >= 15 is 0 Å². The lowest BCUT2D eigenvalue weighted by Gasteiger charge is -2.35. The van der Waals surface area contributed by atoms with Crippen LogP contribution in [-0.4, -0.2) is 39.0 Å². The molecular formula is C18H24N4O2. The van der Waals surface area contributed by atoms with Crippen LogP contribution in [0.15, 0.2) is 36.7 Å². The van der Waals surface area contributed by atoms with Crippen LogP contribution in [0, 0.1) is 0 Å². The third-order valence-corrected chi connectivity index (χ3v) is 4.49. The molecule has 2 aromatic rings. The number of carbonyl (C=O) groups is 1. The molecule has 1 aromatic heterocycles. The van der Waals surface area contributed by atoms with E-state index in [9.17, 15) is 9.90 Å². The van der Waals surface area contributed by atoms with Gasteiger partial charge in [-0.1, -0.05) is 24.3 Å². The fourth-order valence-corrected chi connectivity index (χ4v) is 3.37. The fourth-order valence-electron chi connectivity index (χ4n) is 3.37. The third kappa shape index (κ3) is 3.59. The van der Waals surface area contributed by atoms with E-state index in [1.165, 1.54) is 11.1 Å². The number of nitrogens with zero attached hydrogens (tertiary/aromatic N) is 3. The van der Waals surface area contributed by atoms with Crippen LogP contribution in [0.2, 0.25) is 0 Å². The number of fused-ring (bicyclic) bond motifs is 1. The smallest absolute Gasteiger partial charge is 0.322 e. The highest BCUT2D eigenvalue weighted by Gasteiger charge is 2.29. The summed E-state index contributed by atoms with van der Waals surface area (Å²) in [6, 6.07) is 8.25. The molecule has 0 bridgehead atoms. The summed E-state index contributed by atoms with van der Waals surface area (Å²) < 4.78 is 1.66. The van der Waals surface area contributed by atoms with Gasteiger partial charge in [0.1, 0.15) is 0 Å². The van der Waals surface area contributed by atoms with E-state index in [0.29, 0.717) is 18.7 Å². The molecule has 0 saturated carbocycles. The van der Waals surface area contributed by atoms with Crippen molar-refractivity contribution in [3.05, 3.63) is 47.8 Å². The standard InChI is InChI=1S/C18H24N4O2/c1-21-13-15(12-19-21)20-18(24)22(10-5-11-23)17-9-4-7-14-6-2-3-8-16(14)17/h2-3,6,8,12-13,17,23H,4-5,7,9-11H2,1H3,(H,20,24). The normalized spacial score (nSPS) is 16.5. The summed E-state index contributed by atoms with van der Waals surface area (Å²) >= 11 is 0. The first kappa shape index (κ1) is 16.5. The number of hydrogen-bond acceptors (Lipinski definition) is 3. The Kier molecular flexibility index (Phi) is 5.15. The quantitative estimate of drug-likeness (QED) is 0.886. The maximum atomic E-state index is 12.8. The summed E-state index contributed by atoms with van der Waals surface area (Å²) in [6.07, 6.45) is 7.05. The molecule has 1 unspecified atom stereocenters. The van der Waals surface area contributed by atoms with Gasteiger partial charge in [-0.25, -0.2) is 4.79 Å². The molecule has 3 rings (SSSR count). The summed E-state index contributed by atoms with van der Waals surface area (Å²) in [5.41, 5.74) is 3.22. The second-order valence-electron chi connectivity index (χ2n) is 6.21. The second kappa shape index (κ2) is 7.49. The molecule has 1 aliphatic rings. The lowest BCUT2D eigenvalue weighted by atomic mass is 9.87. The molecule has 0 spiro atoms. The van der Waals surface area contributed by atoms with Crippen molar-refractivity contribution in [2.75, 3.05) is 18.5 Å². The number of amides is 2. The van der Waals surface area contributed by atoms with Crippen LogP contribution in [0.1, 0.15) is 36.4 Å². The summed E-state index contributed by atoms with van der Waals surface area (Å²) in [5.74, 6) is 0.